The van der Waals surface area contributed by atoms with E-state index in [0.29, 0.717) is 17.7 Å². The standard InChI is InChI=1S/C15H14BrNO2/c1-10-4-3-7-17-13(10)9-14(18)11-5-6-15(19-2)12(16)8-11/h3-8H,9H2,1-2H3. The van der Waals surface area contributed by atoms with Crippen LogP contribution in [0.5, 0.6) is 5.75 Å². The van der Waals surface area contributed by atoms with Gasteiger partial charge in [-0.3, -0.25) is 9.78 Å². The number of rotatable bonds is 4. The van der Waals surface area contributed by atoms with Gasteiger partial charge < -0.3 is 4.74 Å². The predicted molar refractivity (Wildman–Crippen MR) is 77.7 cm³/mol. The summed E-state index contributed by atoms with van der Waals surface area (Å²) in [5.41, 5.74) is 2.50. The number of ether oxygens (including phenoxy) is 1. The van der Waals surface area contributed by atoms with E-state index in [-0.39, 0.29) is 5.78 Å². The third-order valence-electron chi connectivity index (χ3n) is 2.92. The van der Waals surface area contributed by atoms with E-state index in [4.69, 9.17) is 4.74 Å². The lowest BCUT2D eigenvalue weighted by Gasteiger charge is -2.07. The number of carbonyl (C=O) groups excluding carboxylic acids is 1. The molecule has 1 heterocycles. The Labute approximate surface area is 120 Å². The maximum Gasteiger partial charge on any atom is 0.168 e. The number of pyridine rings is 1. The number of benzene rings is 1. The Bertz CT molecular complexity index is 611. The van der Waals surface area contributed by atoms with Crippen LogP contribution in [0.25, 0.3) is 0 Å². The van der Waals surface area contributed by atoms with E-state index < -0.39 is 0 Å². The largest absolute Gasteiger partial charge is 0.496 e. The normalized spacial score (nSPS) is 10.3. The molecule has 4 heteroatoms. The van der Waals surface area contributed by atoms with Crippen LogP contribution >= 0.6 is 15.9 Å². The van der Waals surface area contributed by atoms with Crippen molar-refractivity contribution in [3.05, 3.63) is 57.8 Å². The molecule has 98 valence electrons. The number of halogens is 1. The predicted octanol–water partition coefficient (Wildman–Crippen LogP) is 3.59. The molecule has 0 aliphatic carbocycles. The lowest BCUT2D eigenvalue weighted by Crippen LogP contribution is -2.06. The second-order valence-corrected chi connectivity index (χ2v) is 5.07. The van der Waals surface area contributed by atoms with Crippen LogP contribution in [0.4, 0.5) is 0 Å². The number of methoxy groups -OCH3 is 1. The third-order valence-corrected chi connectivity index (χ3v) is 3.54. The van der Waals surface area contributed by atoms with Crippen LogP contribution in [0, 0.1) is 6.92 Å². The van der Waals surface area contributed by atoms with Crippen molar-refractivity contribution in [3.8, 4) is 5.75 Å². The second kappa shape index (κ2) is 5.97. The van der Waals surface area contributed by atoms with Gasteiger partial charge in [0.05, 0.1) is 23.7 Å². The van der Waals surface area contributed by atoms with Crippen molar-refractivity contribution >= 4 is 21.7 Å². The summed E-state index contributed by atoms with van der Waals surface area (Å²) in [5, 5.41) is 0. The van der Waals surface area contributed by atoms with Gasteiger partial charge in [0.1, 0.15) is 5.75 Å². The molecule has 0 N–H and O–H groups in total. The van der Waals surface area contributed by atoms with E-state index in [0.717, 1.165) is 15.7 Å². The Hall–Kier alpha value is -1.68. The average Bonchev–Trinajstić information content (AvgIpc) is 2.41. The van der Waals surface area contributed by atoms with E-state index in [1.54, 1.807) is 31.5 Å². The number of hydrogen-bond donors (Lipinski definition) is 0. The molecule has 19 heavy (non-hydrogen) atoms. The summed E-state index contributed by atoms with van der Waals surface area (Å²) in [6.07, 6.45) is 2.02. The summed E-state index contributed by atoms with van der Waals surface area (Å²) in [5.74, 6) is 0.760. The van der Waals surface area contributed by atoms with Crippen LogP contribution in [0.2, 0.25) is 0 Å². The van der Waals surface area contributed by atoms with Gasteiger partial charge in [0.2, 0.25) is 0 Å². The summed E-state index contributed by atoms with van der Waals surface area (Å²) < 4.78 is 5.92. The SMILES string of the molecule is COc1ccc(C(=O)Cc2ncccc2C)cc1Br. The summed E-state index contributed by atoms with van der Waals surface area (Å²) in [6, 6.07) is 9.15. The number of carbonyl (C=O) groups is 1. The zero-order valence-electron chi connectivity index (χ0n) is 10.8. The van der Waals surface area contributed by atoms with Gasteiger partial charge in [-0.25, -0.2) is 0 Å². The minimum atomic E-state index is 0.0464. The first kappa shape index (κ1) is 13.7. The zero-order chi connectivity index (χ0) is 13.8. The number of hydrogen-bond acceptors (Lipinski definition) is 3. The van der Waals surface area contributed by atoms with Crippen molar-refractivity contribution in [1.82, 2.24) is 4.98 Å². The molecule has 0 bridgehead atoms. The molecule has 0 atom stereocenters. The molecule has 2 rings (SSSR count). The van der Waals surface area contributed by atoms with E-state index in [1.165, 1.54) is 0 Å². The highest BCUT2D eigenvalue weighted by atomic mass is 79.9. The van der Waals surface area contributed by atoms with Crippen molar-refractivity contribution in [1.29, 1.82) is 0 Å². The van der Waals surface area contributed by atoms with Gasteiger partial charge in [-0.05, 0) is 52.7 Å². The molecular weight excluding hydrogens is 306 g/mol. The molecule has 1 aromatic carbocycles. The number of ketones is 1. The highest BCUT2D eigenvalue weighted by molar-refractivity contribution is 9.10. The van der Waals surface area contributed by atoms with Crippen LogP contribution < -0.4 is 4.74 Å². The lowest BCUT2D eigenvalue weighted by molar-refractivity contribution is 0.0991. The molecule has 0 amide bonds. The molecule has 0 spiro atoms. The fourth-order valence-corrected chi connectivity index (χ4v) is 2.34. The van der Waals surface area contributed by atoms with Crippen LogP contribution in [-0.4, -0.2) is 17.9 Å². The number of aryl methyl sites for hydroxylation is 1. The van der Waals surface area contributed by atoms with Crippen molar-refractivity contribution in [2.45, 2.75) is 13.3 Å². The highest BCUT2D eigenvalue weighted by Gasteiger charge is 2.11. The van der Waals surface area contributed by atoms with Crippen molar-refractivity contribution < 1.29 is 9.53 Å². The molecule has 0 unspecified atom stereocenters. The van der Waals surface area contributed by atoms with Gasteiger partial charge in [-0.1, -0.05) is 6.07 Å². The van der Waals surface area contributed by atoms with Crippen molar-refractivity contribution in [3.63, 3.8) is 0 Å². The number of nitrogens with zero attached hydrogens (tertiary/aromatic N) is 1. The molecule has 1 aromatic heterocycles. The minimum Gasteiger partial charge on any atom is -0.496 e. The van der Waals surface area contributed by atoms with Crippen molar-refractivity contribution in [2.24, 2.45) is 0 Å². The quantitative estimate of drug-likeness (QED) is 0.808. The lowest BCUT2D eigenvalue weighted by atomic mass is 10.0. The fraction of sp³-hybridized carbons (Fsp3) is 0.200. The second-order valence-electron chi connectivity index (χ2n) is 4.22. The van der Waals surface area contributed by atoms with Gasteiger partial charge in [0.15, 0.2) is 5.78 Å². The van der Waals surface area contributed by atoms with Crippen molar-refractivity contribution in [2.75, 3.05) is 7.11 Å². The van der Waals surface area contributed by atoms with Gasteiger partial charge in [0, 0.05) is 11.8 Å². The average molecular weight is 320 g/mol. The summed E-state index contributed by atoms with van der Waals surface area (Å²) >= 11 is 3.38. The fourth-order valence-electron chi connectivity index (χ4n) is 1.80. The molecule has 2 aromatic rings. The van der Waals surface area contributed by atoms with E-state index in [2.05, 4.69) is 20.9 Å². The van der Waals surface area contributed by atoms with E-state index >= 15 is 0 Å². The first-order chi connectivity index (χ1) is 9.11. The van der Waals surface area contributed by atoms with Crippen LogP contribution in [0.3, 0.4) is 0 Å². The number of Topliss-reactive ketones (excluding diaryl/α,β-unsaturated/α-hetero) is 1. The number of aromatic nitrogens is 1. The molecule has 0 fully saturated rings. The molecule has 0 aliphatic rings. The zero-order valence-corrected chi connectivity index (χ0v) is 12.4. The molecule has 3 nitrogen and oxygen atoms in total. The summed E-state index contributed by atoms with van der Waals surface area (Å²) in [4.78, 5) is 16.5. The van der Waals surface area contributed by atoms with Crippen LogP contribution in [0.1, 0.15) is 21.6 Å². The topological polar surface area (TPSA) is 39.2 Å². The van der Waals surface area contributed by atoms with E-state index in [1.807, 2.05) is 19.1 Å². The summed E-state index contributed by atoms with van der Waals surface area (Å²) in [7, 11) is 1.60. The minimum absolute atomic E-state index is 0.0464. The van der Waals surface area contributed by atoms with Gasteiger partial charge in [0.25, 0.3) is 0 Å². The summed E-state index contributed by atoms with van der Waals surface area (Å²) in [6.45, 7) is 1.96. The Morgan fingerprint density at radius 1 is 1.37 bits per heavy atom. The van der Waals surface area contributed by atoms with Gasteiger partial charge in [-0.15, -0.1) is 0 Å². The third kappa shape index (κ3) is 3.20. The highest BCUT2D eigenvalue weighted by Crippen LogP contribution is 2.26. The Morgan fingerprint density at radius 3 is 2.79 bits per heavy atom. The Balaban J connectivity index is 2.21. The molecule has 0 saturated carbocycles. The van der Waals surface area contributed by atoms with Gasteiger partial charge >= 0.3 is 0 Å². The molecule has 0 radical (unpaired) electrons. The Morgan fingerprint density at radius 2 is 2.16 bits per heavy atom. The maximum atomic E-state index is 12.2. The van der Waals surface area contributed by atoms with Gasteiger partial charge in [-0.2, -0.15) is 0 Å². The van der Waals surface area contributed by atoms with E-state index in [9.17, 15) is 4.79 Å². The monoisotopic (exact) mass is 319 g/mol. The van der Waals surface area contributed by atoms with Crippen LogP contribution in [-0.2, 0) is 6.42 Å². The van der Waals surface area contributed by atoms with Crippen LogP contribution in [0.15, 0.2) is 41.0 Å². The molecular formula is C15H14BrNO2. The Kier molecular flexibility index (Phi) is 4.32. The smallest absolute Gasteiger partial charge is 0.168 e. The first-order valence-corrected chi connectivity index (χ1v) is 6.68. The maximum absolute atomic E-state index is 12.2. The molecule has 0 aliphatic heterocycles. The molecule has 0 saturated heterocycles. The first-order valence-electron chi connectivity index (χ1n) is 5.89.